The van der Waals surface area contributed by atoms with Gasteiger partial charge in [0.15, 0.2) is 11.5 Å². The van der Waals surface area contributed by atoms with E-state index in [0.29, 0.717) is 50.1 Å². The fourth-order valence-electron chi connectivity index (χ4n) is 4.11. The van der Waals surface area contributed by atoms with Gasteiger partial charge in [0, 0.05) is 24.4 Å². The highest BCUT2D eigenvalue weighted by Gasteiger charge is 2.24. The van der Waals surface area contributed by atoms with E-state index in [4.69, 9.17) is 37.4 Å². The van der Waals surface area contributed by atoms with Crippen LogP contribution >= 0.6 is 23.2 Å². The standard InChI is InChI=1S/C27H25Cl2NO5/c1-33-24-11-10-19(12-26(24)34-20-4-2-3-5-20)25(13-21-22(28)14-30-15-23(21)29)35-27(32)18-8-6-17(16-31)7-9-18/h6-12,14-16,20,25H,2-5,13H2,1H3. The fourth-order valence-corrected chi connectivity index (χ4v) is 4.63. The maximum Gasteiger partial charge on any atom is 0.338 e. The van der Waals surface area contributed by atoms with Crippen LogP contribution in [0.2, 0.25) is 10.0 Å². The number of hydrogen-bond donors (Lipinski definition) is 0. The van der Waals surface area contributed by atoms with E-state index in [1.54, 1.807) is 37.4 Å². The van der Waals surface area contributed by atoms with Gasteiger partial charge in [-0.15, -0.1) is 0 Å². The molecule has 4 rings (SSSR count). The zero-order valence-electron chi connectivity index (χ0n) is 19.2. The summed E-state index contributed by atoms with van der Waals surface area (Å²) in [5, 5.41) is 0.759. The summed E-state index contributed by atoms with van der Waals surface area (Å²) in [4.78, 5) is 28.0. The van der Waals surface area contributed by atoms with Crippen LogP contribution in [-0.4, -0.2) is 30.5 Å². The molecule has 2 aromatic carbocycles. The van der Waals surface area contributed by atoms with E-state index in [1.165, 1.54) is 12.4 Å². The number of pyridine rings is 1. The quantitative estimate of drug-likeness (QED) is 0.235. The Balaban J connectivity index is 1.67. The molecule has 6 nitrogen and oxygen atoms in total. The van der Waals surface area contributed by atoms with Gasteiger partial charge in [-0.1, -0.05) is 41.4 Å². The van der Waals surface area contributed by atoms with Crippen molar-refractivity contribution in [3.05, 3.63) is 87.2 Å². The highest BCUT2D eigenvalue weighted by Crippen LogP contribution is 2.37. The third-order valence-corrected chi connectivity index (χ3v) is 6.68. The molecule has 1 fully saturated rings. The zero-order valence-corrected chi connectivity index (χ0v) is 20.7. The number of hydrogen-bond acceptors (Lipinski definition) is 6. The smallest absolute Gasteiger partial charge is 0.338 e. The SMILES string of the molecule is COc1ccc(C(Cc2c(Cl)cncc2Cl)OC(=O)c2ccc(C=O)cc2)cc1OC1CCCC1. The zero-order chi connectivity index (χ0) is 24.8. The molecule has 0 aliphatic heterocycles. The molecule has 1 aromatic heterocycles. The van der Waals surface area contributed by atoms with Crippen molar-refractivity contribution in [1.29, 1.82) is 0 Å². The van der Waals surface area contributed by atoms with Gasteiger partial charge >= 0.3 is 5.97 Å². The number of rotatable bonds is 9. The maximum absolute atomic E-state index is 13.0. The molecule has 0 radical (unpaired) electrons. The number of aromatic nitrogens is 1. The van der Waals surface area contributed by atoms with Crippen LogP contribution in [0.1, 0.15) is 63.6 Å². The monoisotopic (exact) mass is 513 g/mol. The molecule has 1 aliphatic rings. The van der Waals surface area contributed by atoms with Gasteiger partial charge in [-0.25, -0.2) is 4.79 Å². The normalized spacial score (nSPS) is 14.4. The van der Waals surface area contributed by atoms with Crippen LogP contribution in [-0.2, 0) is 11.2 Å². The van der Waals surface area contributed by atoms with Crippen LogP contribution in [0.3, 0.4) is 0 Å². The summed E-state index contributed by atoms with van der Waals surface area (Å²) in [5.41, 5.74) is 2.12. The first-order chi connectivity index (χ1) is 17.0. The largest absolute Gasteiger partial charge is 0.493 e. The molecule has 1 saturated carbocycles. The third-order valence-electron chi connectivity index (χ3n) is 6.03. The molecule has 1 heterocycles. The second-order valence-corrected chi connectivity index (χ2v) is 9.17. The summed E-state index contributed by atoms with van der Waals surface area (Å²) in [6.07, 6.45) is 7.61. The van der Waals surface area contributed by atoms with Crippen LogP contribution in [0.5, 0.6) is 11.5 Å². The van der Waals surface area contributed by atoms with Gasteiger partial charge in [-0.3, -0.25) is 9.78 Å². The van der Waals surface area contributed by atoms with Gasteiger partial charge in [-0.2, -0.15) is 0 Å². The third kappa shape index (κ3) is 6.13. The Morgan fingerprint density at radius 3 is 2.37 bits per heavy atom. The maximum atomic E-state index is 13.0. The number of benzene rings is 2. The fraction of sp³-hybridized carbons (Fsp3) is 0.296. The summed E-state index contributed by atoms with van der Waals surface area (Å²) >= 11 is 12.8. The molecule has 0 bridgehead atoms. The number of carbonyl (C=O) groups excluding carboxylic acids is 2. The minimum absolute atomic E-state index is 0.126. The molecule has 8 heteroatoms. The molecule has 182 valence electrons. The number of ether oxygens (including phenoxy) is 3. The Morgan fingerprint density at radius 1 is 1.06 bits per heavy atom. The van der Waals surface area contributed by atoms with Crippen molar-refractivity contribution in [3.63, 3.8) is 0 Å². The van der Waals surface area contributed by atoms with E-state index in [9.17, 15) is 9.59 Å². The summed E-state index contributed by atoms with van der Waals surface area (Å²) < 4.78 is 17.7. The lowest BCUT2D eigenvalue weighted by atomic mass is 10.0. The van der Waals surface area contributed by atoms with Crippen LogP contribution in [0, 0.1) is 0 Å². The van der Waals surface area contributed by atoms with Crippen molar-refractivity contribution in [1.82, 2.24) is 4.98 Å². The van der Waals surface area contributed by atoms with Crippen LogP contribution < -0.4 is 9.47 Å². The lowest BCUT2D eigenvalue weighted by Gasteiger charge is -2.22. The van der Waals surface area contributed by atoms with Gasteiger partial charge in [0.1, 0.15) is 12.4 Å². The second kappa shape index (κ2) is 11.6. The summed E-state index contributed by atoms with van der Waals surface area (Å²) in [6, 6.07) is 11.7. The Morgan fingerprint density at radius 2 is 1.74 bits per heavy atom. The molecular weight excluding hydrogens is 489 g/mol. The van der Waals surface area contributed by atoms with E-state index >= 15 is 0 Å². The first-order valence-corrected chi connectivity index (χ1v) is 12.1. The second-order valence-electron chi connectivity index (χ2n) is 8.35. The minimum atomic E-state index is -0.720. The van der Waals surface area contributed by atoms with E-state index in [1.807, 2.05) is 12.1 Å². The number of carbonyl (C=O) groups is 2. The average Bonchev–Trinajstić information content (AvgIpc) is 3.38. The van der Waals surface area contributed by atoms with Crippen molar-refractivity contribution >= 4 is 35.5 Å². The molecule has 0 amide bonds. The van der Waals surface area contributed by atoms with Gasteiger partial charge < -0.3 is 14.2 Å². The van der Waals surface area contributed by atoms with E-state index < -0.39 is 12.1 Å². The molecule has 0 N–H and O–H groups in total. The van der Waals surface area contributed by atoms with Crippen molar-refractivity contribution in [2.45, 2.75) is 44.3 Å². The van der Waals surface area contributed by atoms with Crippen molar-refractivity contribution in [2.24, 2.45) is 0 Å². The van der Waals surface area contributed by atoms with Gasteiger partial charge in [0.2, 0.25) is 0 Å². The Kier molecular flexibility index (Phi) is 8.26. The summed E-state index contributed by atoms with van der Waals surface area (Å²) in [7, 11) is 1.59. The number of halogens is 2. The summed E-state index contributed by atoms with van der Waals surface area (Å²) in [6.45, 7) is 0. The number of aldehydes is 1. The topological polar surface area (TPSA) is 74.7 Å². The molecule has 0 saturated heterocycles. The lowest BCUT2D eigenvalue weighted by molar-refractivity contribution is 0.0296. The van der Waals surface area contributed by atoms with Gasteiger partial charge in [-0.05, 0) is 61.1 Å². The molecule has 1 aliphatic carbocycles. The van der Waals surface area contributed by atoms with Crippen molar-refractivity contribution < 1.29 is 23.8 Å². The van der Waals surface area contributed by atoms with Crippen LogP contribution in [0.4, 0.5) is 0 Å². The van der Waals surface area contributed by atoms with E-state index in [-0.39, 0.29) is 12.5 Å². The number of nitrogens with zero attached hydrogens (tertiary/aromatic N) is 1. The van der Waals surface area contributed by atoms with Crippen LogP contribution in [0.15, 0.2) is 54.9 Å². The summed E-state index contributed by atoms with van der Waals surface area (Å²) in [5.74, 6) is 0.665. The van der Waals surface area contributed by atoms with E-state index in [2.05, 4.69) is 4.98 Å². The Hall–Kier alpha value is -3.09. The average molecular weight is 514 g/mol. The molecule has 1 unspecified atom stereocenters. The predicted octanol–water partition coefficient (Wildman–Crippen LogP) is 6.67. The van der Waals surface area contributed by atoms with Gasteiger partial charge in [0.25, 0.3) is 0 Å². The predicted molar refractivity (Wildman–Crippen MR) is 134 cm³/mol. The molecule has 3 aromatic rings. The van der Waals surface area contributed by atoms with Crippen molar-refractivity contribution in [3.8, 4) is 11.5 Å². The van der Waals surface area contributed by atoms with E-state index in [0.717, 1.165) is 25.7 Å². The molecule has 35 heavy (non-hydrogen) atoms. The minimum Gasteiger partial charge on any atom is -0.493 e. The van der Waals surface area contributed by atoms with Crippen LogP contribution in [0.25, 0.3) is 0 Å². The highest BCUT2D eigenvalue weighted by molar-refractivity contribution is 6.35. The number of esters is 1. The highest BCUT2D eigenvalue weighted by atomic mass is 35.5. The van der Waals surface area contributed by atoms with Crippen molar-refractivity contribution in [2.75, 3.05) is 7.11 Å². The van der Waals surface area contributed by atoms with Gasteiger partial charge in [0.05, 0.1) is 28.8 Å². The lowest BCUT2D eigenvalue weighted by Crippen LogP contribution is -2.16. The first kappa shape index (κ1) is 25.0. The first-order valence-electron chi connectivity index (χ1n) is 11.4. The Bertz CT molecular complexity index is 1170. The molecular formula is C27H25Cl2NO5. The molecule has 1 atom stereocenters. The Labute approximate surface area is 214 Å². The number of methoxy groups -OCH3 is 1. The molecule has 0 spiro atoms.